The summed E-state index contributed by atoms with van der Waals surface area (Å²) in [5, 5.41) is 9.25. The Kier molecular flexibility index (Phi) is 4.21. The quantitative estimate of drug-likeness (QED) is 0.846. The van der Waals surface area contributed by atoms with Gasteiger partial charge in [0, 0.05) is 17.8 Å². The highest BCUT2D eigenvalue weighted by Gasteiger charge is 2.43. The molecule has 4 rings (SSSR count). The highest BCUT2D eigenvalue weighted by Crippen LogP contribution is 2.37. The third-order valence-electron chi connectivity index (χ3n) is 4.81. The molecule has 2 aliphatic heterocycles. The number of urea groups is 1. The number of fused-ring (bicyclic) bond motifs is 1. The second-order valence-electron chi connectivity index (χ2n) is 6.43. The van der Waals surface area contributed by atoms with E-state index in [0.717, 1.165) is 25.7 Å². The maximum absolute atomic E-state index is 13.1. The van der Waals surface area contributed by atoms with Crippen molar-refractivity contribution in [2.45, 2.75) is 31.8 Å². The molecule has 1 atom stereocenters. The van der Waals surface area contributed by atoms with Crippen molar-refractivity contribution in [3.63, 3.8) is 0 Å². The fourth-order valence-electron chi connectivity index (χ4n) is 3.64. The molecule has 7 heteroatoms. The molecule has 1 aromatic rings. The number of carbonyl (C=O) groups is 1. The summed E-state index contributed by atoms with van der Waals surface area (Å²) >= 11 is 6.27. The van der Waals surface area contributed by atoms with Crippen LogP contribution in [0, 0.1) is 11.7 Å². The Bertz CT molecular complexity index is 768. The summed E-state index contributed by atoms with van der Waals surface area (Å²) < 4.78 is 13.1. The lowest BCUT2D eigenvalue weighted by Gasteiger charge is -2.33. The molecule has 0 spiro atoms. The van der Waals surface area contributed by atoms with E-state index in [9.17, 15) is 9.18 Å². The molecule has 3 aliphatic rings. The van der Waals surface area contributed by atoms with Gasteiger partial charge in [-0.05, 0) is 49.3 Å². The number of hydrogen-bond donors (Lipinski definition) is 1. The van der Waals surface area contributed by atoms with Gasteiger partial charge >= 0.3 is 6.03 Å². The van der Waals surface area contributed by atoms with Crippen molar-refractivity contribution < 1.29 is 9.18 Å². The van der Waals surface area contributed by atoms with Crippen molar-refractivity contribution in [3.8, 4) is 0 Å². The van der Waals surface area contributed by atoms with Crippen LogP contribution in [0.4, 0.5) is 14.9 Å². The number of anilines is 1. The molecule has 130 valence electrons. The van der Waals surface area contributed by atoms with Crippen LogP contribution in [0.25, 0.3) is 0 Å². The molecule has 1 fully saturated rings. The maximum atomic E-state index is 13.1. The normalized spacial score (nSPS) is 22.7. The van der Waals surface area contributed by atoms with Crippen LogP contribution in [0.1, 0.15) is 25.7 Å². The van der Waals surface area contributed by atoms with Gasteiger partial charge in [0.25, 0.3) is 0 Å². The molecule has 1 N–H and O–H groups in total. The molecule has 25 heavy (non-hydrogen) atoms. The highest BCUT2D eigenvalue weighted by molar-refractivity contribution is 6.43. The van der Waals surface area contributed by atoms with Gasteiger partial charge < -0.3 is 10.2 Å². The second kappa shape index (κ2) is 6.52. The number of halogens is 2. The average Bonchev–Trinajstić information content (AvgIpc) is 3.24. The number of carbonyl (C=O) groups excluding carboxylic acids is 1. The standard InChI is InChI=1S/C18H18ClFN4O/c19-15-6-3-11-23-16(15)22-24(17(23)12-4-1-2-5-12)18(25)21-14-9-7-13(20)8-10-14/h3,6-12,17H,1-2,4-5H2,(H,21,25). The van der Waals surface area contributed by atoms with Crippen molar-refractivity contribution in [2.24, 2.45) is 11.0 Å². The molecular weight excluding hydrogens is 343 g/mol. The Morgan fingerprint density at radius 3 is 2.68 bits per heavy atom. The van der Waals surface area contributed by atoms with E-state index in [1.165, 1.54) is 29.3 Å². The Morgan fingerprint density at radius 1 is 1.24 bits per heavy atom. The van der Waals surface area contributed by atoms with Gasteiger partial charge in [-0.15, -0.1) is 5.10 Å². The van der Waals surface area contributed by atoms with E-state index in [2.05, 4.69) is 10.4 Å². The van der Waals surface area contributed by atoms with Crippen molar-refractivity contribution in [1.82, 2.24) is 9.91 Å². The van der Waals surface area contributed by atoms with E-state index in [0.29, 0.717) is 22.5 Å². The van der Waals surface area contributed by atoms with Gasteiger partial charge in [0.1, 0.15) is 12.0 Å². The zero-order chi connectivity index (χ0) is 17.4. The first-order chi connectivity index (χ1) is 12.1. The predicted octanol–water partition coefficient (Wildman–Crippen LogP) is 4.46. The van der Waals surface area contributed by atoms with Gasteiger partial charge in [0.15, 0.2) is 5.84 Å². The summed E-state index contributed by atoms with van der Waals surface area (Å²) in [6, 6.07) is 5.34. The lowest BCUT2D eigenvalue weighted by molar-refractivity contribution is 0.125. The molecule has 1 unspecified atom stereocenters. The van der Waals surface area contributed by atoms with Crippen molar-refractivity contribution >= 4 is 29.2 Å². The van der Waals surface area contributed by atoms with E-state index in [-0.39, 0.29) is 18.0 Å². The van der Waals surface area contributed by atoms with Gasteiger partial charge in [0.05, 0.1) is 5.03 Å². The number of nitrogens with one attached hydrogen (secondary N) is 1. The van der Waals surface area contributed by atoms with Gasteiger partial charge in [0.2, 0.25) is 0 Å². The van der Waals surface area contributed by atoms with Gasteiger partial charge in [-0.25, -0.2) is 9.18 Å². The Balaban J connectivity index is 1.60. The zero-order valence-electron chi connectivity index (χ0n) is 13.5. The summed E-state index contributed by atoms with van der Waals surface area (Å²) in [4.78, 5) is 14.8. The Labute approximate surface area is 150 Å². The van der Waals surface area contributed by atoms with E-state index >= 15 is 0 Å². The van der Waals surface area contributed by atoms with Gasteiger partial charge in [-0.3, -0.25) is 0 Å². The summed E-state index contributed by atoms with van der Waals surface area (Å²) in [5.74, 6) is 0.588. The molecular formula is C18H18ClFN4O. The molecule has 1 aromatic carbocycles. The van der Waals surface area contributed by atoms with Crippen LogP contribution in [0.15, 0.2) is 52.8 Å². The number of nitrogens with zero attached hydrogens (tertiary/aromatic N) is 3. The zero-order valence-corrected chi connectivity index (χ0v) is 14.3. The second-order valence-corrected chi connectivity index (χ2v) is 6.83. The van der Waals surface area contributed by atoms with Crippen LogP contribution in [-0.2, 0) is 0 Å². The minimum absolute atomic E-state index is 0.184. The number of benzene rings is 1. The third kappa shape index (κ3) is 3.02. The van der Waals surface area contributed by atoms with Crippen LogP contribution in [0.5, 0.6) is 0 Å². The van der Waals surface area contributed by atoms with Gasteiger partial charge in [-0.1, -0.05) is 24.4 Å². The van der Waals surface area contributed by atoms with E-state index in [1.807, 2.05) is 17.2 Å². The largest absolute Gasteiger partial charge is 0.344 e. The lowest BCUT2D eigenvalue weighted by Crippen LogP contribution is -2.47. The maximum Gasteiger partial charge on any atom is 0.344 e. The minimum Gasteiger partial charge on any atom is -0.307 e. The van der Waals surface area contributed by atoms with E-state index < -0.39 is 0 Å². The highest BCUT2D eigenvalue weighted by atomic mass is 35.5. The van der Waals surface area contributed by atoms with Crippen LogP contribution < -0.4 is 5.32 Å². The molecule has 1 aliphatic carbocycles. The third-order valence-corrected chi connectivity index (χ3v) is 5.11. The molecule has 2 amide bonds. The van der Waals surface area contributed by atoms with E-state index in [4.69, 9.17) is 11.6 Å². The molecule has 5 nitrogen and oxygen atoms in total. The van der Waals surface area contributed by atoms with Crippen LogP contribution in [0.3, 0.4) is 0 Å². The van der Waals surface area contributed by atoms with Crippen molar-refractivity contribution in [2.75, 3.05) is 5.32 Å². The SMILES string of the molecule is O=C(Nc1ccc(F)cc1)N1N=C2C(Cl)=CC=CN2C1C1CCCC1. The van der Waals surface area contributed by atoms with Crippen LogP contribution in [-0.4, -0.2) is 27.9 Å². The number of hydrazone groups is 1. The number of amides is 2. The number of allylic oxidation sites excluding steroid dienone is 2. The first kappa shape index (κ1) is 16.1. The molecule has 0 bridgehead atoms. The molecule has 1 saturated carbocycles. The number of amidine groups is 1. The Morgan fingerprint density at radius 2 is 1.96 bits per heavy atom. The monoisotopic (exact) mass is 360 g/mol. The first-order valence-corrected chi connectivity index (χ1v) is 8.78. The van der Waals surface area contributed by atoms with Crippen LogP contribution in [0.2, 0.25) is 0 Å². The minimum atomic E-state index is -0.345. The van der Waals surface area contributed by atoms with Crippen LogP contribution >= 0.6 is 11.6 Å². The van der Waals surface area contributed by atoms with Gasteiger partial charge in [-0.2, -0.15) is 5.01 Å². The number of rotatable bonds is 2. The van der Waals surface area contributed by atoms with Crippen molar-refractivity contribution in [3.05, 3.63) is 53.5 Å². The fraction of sp³-hybridized carbons (Fsp3) is 0.333. The fourth-order valence-corrected chi connectivity index (χ4v) is 3.85. The molecule has 0 radical (unpaired) electrons. The lowest BCUT2D eigenvalue weighted by atomic mass is 10.0. The summed E-state index contributed by atoms with van der Waals surface area (Å²) in [5.41, 5.74) is 0.527. The summed E-state index contributed by atoms with van der Waals surface area (Å²) in [6.07, 6.45) is 9.79. The predicted molar refractivity (Wildman–Crippen MR) is 95.4 cm³/mol. The topological polar surface area (TPSA) is 47.9 Å². The molecule has 0 aromatic heterocycles. The number of hydrogen-bond acceptors (Lipinski definition) is 3. The molecule has 0 saturated heterocycles. The molecule has 2 heterocycles. The Hall–Kier alpha value is -2.34. The first-order valence-electron chi connectivity index (χ1n) is 8.40. The summed E-state index contributed by atoms with van der Waals surface area (Å²) in [7, 11) is 0. The smallest absolute Gasteiger partial charge is 0.307 e. The average molecular weight is 361 g/mol. The summed E-state index contributed by atoms with van der Waals surface area (Å²) in [6.45, 7) is 0. The van der Waals surface area contributed by atoms with E-state index in [1.54, 1.807) is 6.08 Å². The van der Waals surface area contributed by atoms with Crippen molar-refractivity contribution in [1.29, 1.82) is 0 Å².